The third-order valence-corrected chi connectivity index (χ3v) is 5.87. The molecule has 4 aromatic rings. The lowest BCUT2D eigenvalue weighted by Gasteiger charge is -2.33. The molecule has 2 atom stereocenters. The SMILES string of the molecule is c1coc(C[C@@H]2CCCC[C@@H]2Nc2c3ccccc3nc3ccccc23)c1. The summed E-state index contributed by atoms with van der Waals surface area (Å²) in [5.41, 5.74) is 3.33. The molecule has 0 bridgehead atoms. The van der Waals surface area contributed by atoms with Gasteiger partial charge in [0.05, 0.1) is 23.0 Å². The van der Waals surface area contributed by atoms with Gasteiger partial charge in [0, 0.05) is 23.2 Å². The van der Waals surface area contributed by atoms with Crippen molar-refractivity contribution in [2.24, 2.45) is 5.92 Å². The summed E-state index contributed by atoms with van der Waals surface area (Å²) in [5, 5.41) is 6.36. The number of furan rings is 1. The first kappa shape index (κ1) is 16.4. The van der Waals surface area contributed by atoms with Crippen molar-refractivity contribution in [1.82, 2.24) is 4.98 Å². The van der Waals surface area contributed by atoms with Gasteiger partial charge in [-0.25, -0.2) is 4.98 Å². The zero-order chi connectivity index (χ0) is 18.1. The number of aromatic nitrogens is 1. The van der Waals surface area contributed by atoms with E-state index in [0.29, 0.717) is 12.0 Å². The fraction of sp³-hybridized carbons (Fsp3) is 0.292. The second-order valence-electron chi connectivity index (χ2n) is 7.60. The summed E-state index contributed by atoms with van der Waals surface area (Å²) in [6.07, 6.45) is 7.83. The van der Waals surface area contributed by atoms with E-state index in [1.54, 1.807) is 6.26 Å². The minimum Gasteiger partial charge on any atom is -0.469 e. The zero-order valence-electron chi connectivity index (χ0n) is 15.4. The van der Waals surface area contributed by atoms with Crippen LogP contribution in [0.25, 0.3) is 21.8 Å². The molecule has 2 heterocycles. The smallest absolute Gasteiger partial charge is 0.104 e. The Morgan fingerprint density at radius 3 is 2.26 bits per heavy atom. The summed E-state index contributed by atoms with van der Waals surface area (Å²) in [6, 6.07) is 21.5. The normalized spacial score (nSPS) is 20.1. The number of nitrogens with one attached hydrogen (secondary N) is 1. The van der Waals surface area contributed by atoms with Crippen LogP contribution in [0, 0.1) is 5.92 Å². The van der Waals surface area contributed by atoms with Gasteiger partial charge in [0.25, 0.3) is 0 Å². The molecule has 0 amide bonds. The van der Waals surface area contributed by atoms with E-state index >= 15 is 0 Å². The first-order valence-electron chi connectivity index (χ1n) is 9.95. The predicted octanol–water partition coefficient (Wildman–Crippen LogP) is 6.19. The molecule has 1 aliphatic carbocycles. The molecule has 1 saturated carbocycles. The van der Waals surface area contributed by atoms with Gasteiger partial charge in [-0.15, -0.1) is 0 Å². The number of benzene rings is 2. The number of hydrogen-bond donors (Lipinski definition) is 1. The molecule has 3 nitrogen and oxygen atoms in total. The lowest BCUT2D eigenvalue weighted by molar-refractivity contribution is 0.306. The summed E-state index contributed by atoms with van der Waals surface area (Å²) >= 11 is 0. The van der Waals surface area contributed by atoms with Crippen molar-refractivity contribution in [3.05, 3.63) is 72.7 Å². The van der Waals surface area contributed by atoms with Gasteiger partial charge in [-0.1, -0.05) is 49.2 Å². The molecule has 0 unspecified atom stereocenters. The number of hydrogen-bond acceptors (Lipinski definition) is 3. The van der Waals surface area contributed by atoms with Gasteiger partial charge < -0.3 is 9.73 Å². The molecule has 5 rings (SSSR count). The zero-order valence-corrected chi connectivity index (χ0v) is 15.4. The van der Waals surface area contributed by atoms with Gasteiger partial charge in [0.1, 0.15) is 5.76 Å². The highest BCUT2D eigenvalue weighted by atomic mass is 16.3. The van der Waals surface area contributed by atoms with Gasteiger partial charge in [-0.2, -0.15) is 0 Å². The van der Waals surface area contributed by atoms with Crippen molar-refractivity contribution in [1.29, 1.82) is 0 Å². The molecule has 0 radical (unpaired) electrons. The van der Waals surface area contributed by atoms with Crippen LogP contribution in [-0.4, -0.2) is 11.0 Å². The molecule has 0 spiro atoms. The van der Waals surface area contributed by atoms with Gasteiger partial charge in [-0.3, -0.25) is 0 Å². The first-order chi connectivity index (χ1) is 13.4. The lowest BCUT2D eigenvalue weighted by Crippen LogP contribution is -2.33. The molecule has 2 aromatic carbocycles. The van der Waals surface area contributed by atoms with E-state index in [1.165, 1.54) is 42.1 Å². The number of pyridine rings is 1. The molecule has 136 valence electrons. The molecule has 1 aliphatic rings. The Morgan fingerprint density at radius 1 is 0.852 bits per heavy atom. The topological polar surface area (TPSA) is 38.1 Å². The maximum absolute atomic E-state index is 5.64. The quantitative estimate of drug-likeness (QED) is 0.443. The molecular weight excluding hydrogens is 332 g/mol. The minimum absolute atomic E-state index is 0.457. The largest absolute Gasteiger partial charge is 0.469 e. The van der Waals surface area contributed by atoms with Crippen molar-refractivity contribution >= 4 is 27.5 Å². The molecular formula is C24H24N2O. The Kier molecular flexibility index (Phi) is 4.29. The fourth-order valence-electron chi connectivity index (χ4n) is 4.51. The van der Waals surface area contributed by atoms with E-state index in [4.69, 9.17) is 9.40 Å². The highest BCUT2D eigenvalue weighted by Crippen LogP contribution is 2.35. The number of para-hydroxylation sites is 2. The van der Waals surface area contributed by atoms with Gasteiger partial charge in [0.2, 0.25) is 0 Å². The van der Waals surface area contributed by atoms with E-state index in [2.05, 4.69) is 59.9 Å². The third kappa shape index (κ3) is 3.18. The van der Waals surface area contributed by atoms with Crippen molar-refractivity contribution < 1.29 is 4.42 Å². The van der Waals surface area contributed by atoms with Crippen molar-refractivity contribution in [2.45, 2.75) is 38.1 Å². The summed E-state index contributed by atoms with van der Waals surface area (Å²) in [5.74, 6) is 1.69. The van der Waals surface area contributed by atoms with E-state index in [0.717, 1.165) is 23.2 Å². The average molecular weight is 356 g/mol. The Morgan fingerprint density at radius 2 is 1.56 bits per heavy atom. The minimum atomic E-state index is 0.457. The number of fused-ring (bicyclic) bond motifs is 2. The van der Waals surface area contributed by atoms with Gasteiger partial charge in [-0.05, 0) is 43.0 Å². The Hall–Kier alpha value is -2.81. The highest BCUT2D eigenvalue weighted by molar-refractivity contribution is 6.07. The van der Waals surface area contributed by atoms with Crippen LogP contribution in [0.15, 0.2) is 71.3 Å². The molecule has 3 heteroatoms. The summed E-state index contributed by atoms with van der Waals surface area (Å²) in [6.45, 7) is 0. The fourth-order valence-corrected chi connectivity index (χ4v) is 4.51. The van der Waals surface area contributed by atoms with E-state index in [-0.39, 0.29) is 0 Å². The van der Waals surface area contributed by atoms with Crippen molar-refractivity contribution in [3.8, 4) is 0 Å². The Balaban J connectivity index is 1.55. The van der Waals surface area contributed by atoms with Gasteiger partial charge >= 0.3 is 0 Å². The van der Waals surface area contributed by atoms with Crippen LogP contribution in [0.2, 0.25) is 0 Å². The second kappa shape index (κ2) is 7.07. The second-order valence-corrected chi connectivity index (χ2v) is 7.60. The van der Waals surface area contributed by atoms with E-state index in [9.17, 15) is 0 Å². The number of rotatable bonds is 4. The molecule has 2 aromatic heterocycles. The standard InChI is InChI=1S/C24H24N2O/c1-4-12-21(17(8-1)16-18-9-7-15-27-18)26-24-19-10-2-5-13-22(19)25-23-14-6-3-11-20(23)24/h2-3,5-7,9-11,13-15,17,21H,1,4,8,12,16H2,(H,25,26)/t17-,21-/m0/s1. The van der Waals surface area contributed by atoms with E-state index < -0.39 is 0 Å². The highest BCUT2D eigenvalue weighted by Gasteiger charge is 2.27. The molecule has 0 aliphatic heterocycles. The predicted molar refractivity (Wildman–Crippen MR) is 111 cm³/mol. The van der Waals surface area contributed by atoms with Crippen LogP contribution in [0.5, 0.6) is 0 Å². The van der Waals surface area contributed by atoms with Gasteiger partial charge in [0.15, 0.2) is 0 Å². The van der Waals surface area contributed by atoms with Crippen LogP contribution in [0.3, 0.4) is 0 Å². The third-order valence-electron chi connectivity index (χ3n) is 5.87. The van der Waals surface area contributed by atoms with Crippen LogP contribution in [-0.2, 0) is 6.42 Å². The van der Waals surface area contributed by atoms with Crippen LogP contribution in [0.1, 0.15) is 31.4 Å². The summed E-state index contributed by atoms with van der Waals surface area (Å²) in [4.78, 5) is 4.86. The number of anilines is 1. The van der Waals surface area contributed by atoms with Crippen LogP contribution in [0.4, 0.5) is 5.69 Å². The maximum atomic E-state index is 5.64. The molecule has 1 N–H and O–H groups in total. The summed E-state index contributed by atoms with van der Waals surface area (Å²) < 4.78 is 5.64. The lowest BCUT2D eigenvalue weighted by atomic mass is 9.81. The Labute approximate surface area is 159 Å². The first-order valence-corrected chi connectivity index (χ1v) is 9.95. The van der Waals surface area contributed by atoms with Crippen molar-refractivity contribution in [2.75, 3.05) is 5.32 Å². The van der Waals surface area contributed by atoms with E-state index in [1.807, 2.05) is 6.07 Å². The van der Waals surface area contributed by atoms with Crippen molar-refractivity contribution in [3.63, 3.8) is 0 Å². The maximum Gasteiger partial charge on any atom is 0.104 e. The average Bonchev–Trinajstić information content (AvgIpc) is 3.22. The van der Waals surface area contributed by atoms with Crippen LogP contribution < -0.4 is 5.32 Å². The molecule has 27 heavy (non-hydrogen) atoms. The Bertz CT molecular complexity index is 1000. The summed E-state index contributed by atoms with van der Waals surface area (Å²) in [7, 11) is 0. The van der Waals surface area contributed by atoms with Crippen LogP contribution >= 0.6 is 0 Å². The number of nitrogens with zero attached hydrogens (tertiary/aromatic N) is 1. The monoisotopic (exact) mass is 356 g/mol. The molecule has 0 saturated heterocycles. The molecule has 1 fully saturated rings.